The van der Waals surface area contributed by atoms with Crippen LogP contribution in [0.1, 0.15) is 37.1 Å². The molecule has 72 valence electrons. The molecule has 0 saturated heterocycles. The Hall–Kier alpha value is -0.340. The van der Waals surface area contributed by atoms with E-state index in [4.69, 9.17) is 0 Å². The molecule has 1 fully saturated rings. The van der Waals surface area contributed by atoms with Gasteiger partial charge in [0.1, 0.15) is 0 Å². The van der Waals surface area contributed by atoms with Crippen molar-refractivity contribution in [1.82, 2.24) is 5.32 Å². The van der Waals surface area contributed by atoms with Gasteiger partial charge >= 0.3 is 0 Å². The van der Waals surface area contributed by atoms with Gasteiger partial charge < -0.3 is 5.32 Å². The van der Waals surface area contributed by atoms with Crippen molar-refractivity contribution < 1.29 is 0 Å². The minimum absolute atomic E-state index is 0.542. The third kappa shape index (κ3) is 2.32. The molecule has 0 unspecified atom stereocenters. The van der Waals surface area contributed by atoms with Crippen LogP contribution in [0.15, 0.2) is 17.5 Å². The summed E-state index contributed by atoms with van der Waals surface area (Å²) in [6.07, 6.45) is 4.31. The molecule has 1 atom stereocenters. The fourth-order valence-electron chi connectivity index (χ4n) is 1.68. The number of hydrogen-bond donors (Lipinski definition) is 1. The van der Waals surface area contributed by atoms with Crippen molar-refractivity contribution in [2.45, 2.75) is 32.2 Å². The Labute approximate surface area is 84.2 Å². The van der Waals surface area contributed by atoms with Crippen molar-refractivity contribution in [3.05, 3.63) is 22.4 Å². The van der Waals surface area contributed by atoms with Crippen molar-refractivity contribution in [1.29, 1.82) is 0 Å². The van der Waals surface area contributed by atoms with Gasteiger partial charge in [0.2, 0.25) is 0 Å². The third-order valence-corrected chi connectivity index (χ3v) is 3.96. The molecule has 1 nitrogen and oxygen atoms in total. The first-order chi connectivity index (χ1) is 6.36. The van der Waals surface area contributed by atoms with Crippen LogP contribution in [0.25, 0.3) is 0 Å². The Balaban J connectivity index is 1.74. The topological polar surface area (TPSA) is 12.0 Å². The maximum Gasteiger partial charge on any atom is 0.0386 e. The van der Waals surface area contributed by atoms with E-state index in [1.807, 2.05) is 11.3 Å². The second-order valence-corrected chi connectivity index (χ2v) is 4.92. The van der Waals surface area contributed by atoms with Gasteiger partial charge in [-0.1, -0.05) is 12.5 Å². The van der Waals surface area contributed by atoms with Crippen molar-refractivity contribution in [2.75, 3.05) is 6.54 Å². The first-order valence-corrected chi connectivity index (χ1v) is 6.01. The molecule has 1 aromatic rings. The van der Waals surface area contributed by atoms with Crippen LogP contribution in [0.2, 0.25) is 0 Å². The zero-order chi connectivity index (χ0) is 9.10. The maximum absolute atomic E-state index is 3.60. The highest BCUT2D eigenvalue weighted by atomic mass is 32.1. The predicted octanol–water partition coefficient (Wildman–Crippen LogP) is 3.20. The van der Waals surface area contributed by atoms with Gasteiger partial charge in [-0.15, -0.1) is 11.3 Å². The number of thiophene rings is 1. The Morgan fingerprint density at radius 3 is 3.00 bits per heavy atom. The molecule has 0 aliphatic heterocycles. The molecule has 1 aliphatic carbocycles. The quantitative estimate of drug-likeness (QED) is 0.778. The van der Waals surface area contributed by atoms with Crippen LogP contribution < -0.4 is 5.32 Å². The molecule has 1 saturated carbocycles. The van der Waals surface area contributed by atoms with Gasteiger partial charge in [0.15, 0.2) is 0 Å². The Bertz CT molecular complexity index is 239. The molecular weight excluding hydrogens is 178 g/mol. The van der Waals surface area contributed by atoms with E-state index in [1.165, 1.54) is 30.7 Å². The highest BCUT2D eigenvalue weighted by molar-refractivity contribution is 7.10. The van der Waals surface area contributed by atoms with E-state index in [0.29, 0.717) is 6.04 Å². The van der Waals surface area contributed by atoms with Gasteiger partial charge in [-0.05, 0) is 43.7 Å². The standard InChI is InChI=1S/C11H17NS/c1-9(11-6-3-7-13-11)12-8-10-4-2-5-10/h3,6-7,9-10,12H,2,4-5,8H2,1H3/t9-/m0/s1. The molecule has 0 aromatic carbocycles. The number of hydrogen-bond acceptors (Lipinski definition) is 2. The number of nitrogens with one attached hydrogen (secondary N) is 1. The maximum atomic E-state index is 3.60. The Morgan fingerprint density at radius 1 is 1.62 bits per heavy atom. The predicted molar refractivity (Wildman–Crippen MR) is 58.1 cm³/mol. The molecule has 0 radical (unpaired) electrons. The minimum atomic E-state index is 0.542. The van der Waals surface area contributed by atoms with Crippen LogP contribution in [0, 0.1) is 5.92 Å². The lowest BCUT2D eigenvalue weighted by Gasteiger charge is -2.27. The first-order valence-electron chi connectivity index (χ1n) is 5.13. The Morgan fingerprint density at radius 2 is 2.46 bits per heavy atom. The second-order valence-electron chi connectivity index (χ2n) is 3.94. The van der Waals surface area contributed by atoms with E-state index in [9.17, 15) is 0 Å². The monoisotopic (exact) mass is 195 g/mol. The molecule has 13 heavy (non-hydrogen) atoms. The zero-order valence-corrected chi connectivity index (χ0v) is 8.94. The average molecular weight is 195 g/mol. The summed E-state index contributed by atoms with van der Waals surface area (Å²) in [6, 6.07) is 4.88. The summed E-state index contributed by atoms with van der Waals surface area (Å²) in [5, 5.41) is 5.75. The largest absolute Gasteiger partial charge is 0.309 e. The Kier molecular flexibility index (Phi) is 3.01. The minimum Gasteiger partial charge on any atom is -0.309 e. The van der Waals surface area contributed by atoms with Gasteiger partial charge in [-0.3, -0.25) is 0 Å². The summed E-state index contributed by atoms with van der Waals surface area (Å²) >= 11 is 1.85. The molecule has 1 N–H and O–H groups in total. The smallest absolute Gasteiger partial charge is 0.0386 e. The highest BCUT2D eigenvalue weighted by Crippen LogP contribution is 2.26. The van der Waals surface area contributed by atoms with Crippen LogP contribution in [-0.4, -0.2) is 6.54 Å². The van der Waals surface area contributed by atoms with E-state index in [0.717, 1.165) is 5.92 Å². The van der Waals surface area contributed by atoms with Crippen LogP contribution >= 0.6 is 11.3 Å². The van der Waals surface area contributed by atoms with Gasteiger partial charge in [-0.25, -0.2) is 0 Å². The summed E-state index contributed by atoms with van der Waals surface area (Å²) in [4.78, 5) is 1.46. The van der Waals surface area contributed by atoms with E-state index >= 15 is 0 Å². The van der Waals surface area contributed by atoms with Gasteiger partial charge in [0.25, 0.3) is 0 Å². The van der Waals surface area contributed by atoms with Crippen LogP contribution in [0.3, 0.4) is 0 Å². The molecule has 1 aliphatic rings. The zero-order valence-electron chi connectivity index (χ0n) is 8.12. The molecule has 0 amide bonds. The fraction of sp³-hybridized carbons (Fsp3) is 0.636. The molecule has 0 spiro atoms. The number of rotatable bonds is 4. The van der Waals surface area contributed by atoms with Crippen LogP contribution in [0.5, 0.6) is 0 Å². The summed E-state index contributed by atoms with van der Waals surface area (Å²) in [7, 11) is 0. The fourth-order valence-corrected chi connectivity index (χ4v) is 2.44. The normalized spacial score (nSPS) is 19.8. The summed E-state index contributed by atoms with van der Waals surface area (Å²) < 4.78 is 0. The first kappa shape index (κ1) is 9.22. The van der Waals surface area contributed by atoms with Gasteiger partial charge in [0, 0.05) is 10.9 Å². The SMILES string of the molecule is C[C@H](NCC1CCC1)c1cccs1. The van der Waals surface area contributed by atoms with Gasteiger partial charge in [-0.2, -0.15) is 0 Å². The molecule has 1 aromatic heterocycles. The molecular formula is C11H17NS. The van der Waals surface area contributed by atoms with Crippen LogP contribution in [-0.2, 0) is 0 Å². The second kappa shape index (κ2) is 4.25. The molecule has 1 heterocycles. The van der Waals surface area contributed by atoms with Crippen molar-refractivity contribution in [2.24, 2.45) is 5.92 Å². The van der Waals surface area contributed by atoms with E-state index in [2.05, 4.69) is 29.8 Å². The average Bonchev–Trinajstić information content (AvgIpc) is 2.52. The van der Waals surface area contributed by atoms with E-state index < -0.39 is 0 Å². The van der Waals surface area contributed by atoms with Crippen molar-refractivity contribution in [3.8, 4) is 0 Å². The third-order valence-electron chi connectivity index (χ3n) is 2.91. The van der Waals surface area contributed by atoms with Crippen molar-refractivity contribution >= 4 is 11.3 Å². The van der Waals surface area contributed by atoms with E-state index in [1.54, 1.807) is 0 Å². The van der Waals surface area contributed by atoms with Gasteiger partial charge in [0.05, 0.1) is 0 Å². The van der Waals surface area contributed by atoms with Crippen molar-refractivity contribution in [3.63, 3.8) is 0 Å². The lowest BCUT2D eigenvalue weighted by molar-refractivity contribution is 0.293. The molecule has 0 bridgehead atoms. The lowest BCUT2D eigenvalue weighted by Crippen LogP contribution is -2.28. The summed E-state index contributed by atoms with van der Waals surface area (Å²) in [5.41, 5.74) is 0. The lowest BCUT2D eigenvalue weighted by atomic mass is 9.85. The summed E-state index contributed by atoms with van der Waals surface area (Å²) in [5.74, 6) is 0.961. The molecule has 2 heteroatoms. The summed E-state index contributed by atoms with van der Waals surface area (Å²) in [6.45, 7) is 3.46. The molecule has 2 rings (SSSR count). The highest BCUT2D eigenvalue weighted by Gasteiger charge is 2.17. The van der Waals surface area contributed by atoms with E-state index in [-0.39, 0.29) is 0 Å². The van der Waals surface area contributed by atoms with Crippen LogP contribution in [0.4, 0.5) is 0 Å².